The molecule has 1 aliphatic carbocycles. The maximum atomic E-state index is 5.87. The van der Waals surface area contributed by atoms with Crippen molar-refractivity contribution in [1.82, 2.24) is 9.78 Å². The van der Waals surface area contributed by atoms with E-state index in [4.69, 9.17) is 5.73 Å². The second kappa shape index (κ2) is 2.84. The summed E-state index contributed by atoms with van der Waals surface area (Å²) in [4.78, 5) is 0. The van der Waals surface area contributed by atoms with E-state index in [0.29, 0.717) is 0 Å². The summed E-state index contributed by atoms with van der Waals surface area (Å²) in [5, 5.41) is 4.20. The highest BCUT2D eigenvalue weighted by Gasteiger charge is 2.43. The van der Waals surface area contributed by atoms with Crippen LogP contribution in [0.1, 0.15) is 25.5 Å². The molecular weight excluding hydrogens is 162 g/mol. The molecule has 3 heteroatoms. The van der Waals surface area contributed by atoms with Crippen molar-refractivity contribution in [2.75, 3.05) is 6.54 Å². The maximum absolute atomic E-state index is 5.87. The summed E-state index contributed by atoms with van der Waals surface area (Å²) < 4.78 is 1.95. The smallest absolute Gasteiger partial charge is 0.0492 e. The molecule has 2 N–H and O–H groups in total. The Morgan fingerprint density at radius 2 is 2.38 bits per heavy atom. The molecule has 1 fully saturated rings. The Balaban J connectivity index is 2.35. The van der Waals surface area contributed by atoms with Crippen molar-refractivity contribution in [1.29, 1.82) is 0 Å². The van der Waals surface area contributed by atoms with Crippen LogP contribution in [0.4, 0.5) is 0 Å². The third-order valence-corrected chi connectivity index (χ3v) is 3.31. The Morgan fingerprint density at radius 1 is 1.69 bits per heavy atom. The predicted octanol–water partition coefficient (Wildman–Crippen LogP) is 1.05. The topological polar surface area (TPSA) is 43.8 Å². The monoisotopic (exact) mass is 179 g/mol. The van der Waals surface area contributed by atoms with Crippen LogP contribution < -0.4 is 5.73 Å². The molecule has 1 aliphatic rings. The van der Waals surface area contributed by atoms with Gasteiger partial charge in [0.1, 0.15) is 0 Å². The average molecular weight is 179 g/mol. The van der Waals surface area contributed by atoms with Gasteiger partial charge in [-0.2, -0.15) is 5.10 Å². The lowest BCUT2D eigenvalue weighted by molar-refractivity contribution is 0.389. The van der Waals surface area contributed by atoms with Crippen LogP contribution in [0.3, 0.4) is 0 Å². The third kappa shape index (κ3) is 1.27. The van der Waals surface area contributed by atoms with E-state index in [2.05, 4.69) is 18.1 Å². The lowest BCUT2D eigenvalue weighted by atomic mass is 9.81. The molecule has 0 bridgehead atoms. The molecule has 0 spiro atoms. The summed E-state index contributed by atoms with van der Waals surface area (Å²) in [5.74, 6) is 0.771. The first-order valence-corrected chi connectivity index (χ1v) is 4.87. The number of hydrogen-bond donors (Lipinski definition) is 1. The number of nitrogens with two attached hydrogens (primary N) is 1. The highest BCUT2D eigenvalue weighted by Crippen LogP contribution is 2.46. The Hall–Kier alpha value is -0.830. The number of aryl methyl sites for hydroxylation is 1. The fourth-order valence-electron chi connectivity index (χ4n) is 2.13. The molecular formula is C10H17N3. The van der Waals surface area contributed by atoms with E-state index in [-0.39, 0.29) is 5.41 Å². The van der Waals surface area contributed by atoms with Gasteiger partial charge in [0, 0.05) is 30.9 Å². The van der Waals surface area contributed by atoms with E-state index < -0.39 is 0 Å². The fourth-order valence-corrected chi connectivity index (χ4v) is 2.13. The predicted molar refractivity (Wildman–Crippen MR) is 52.3 cm³/mol. The minimum absolute atomic E-state index is 0.144. The van der Waals surface area contributed by atoms with E-state index in [1.54, 1.807) is 0 Å². The van der Waals surface area contributed by atoms with E-state index >= 15 is 0 Å². The molecule has 13 heavy (non-hydrogen) atoms. The van der Waals surface area contributed by atoms with Crippen LogP contribution in [-0.4, -0.2) is 16.3 Å². The lowest BCUT2D eigenvalue weighted by Crippen LogP contribution is -2.36. The Bertz CT molecular complexity index is 301. The van der Waals surface area contributed by atoms with Gasteiger partial charge in [-0.1, -0.05) is 6.92 Å². The quantitative estimate of drug-likeness (QED) is 0.753. The van der Waals surface area contributed by atoms with Crippen molar-refractivity contribution < 1.29 is 0 Å². The molecule has 72 valence electrons. The van der Waals surface area contributed by atoms with Crippen LogP contribution >= 0.6 is 0 Å². The van der Waals surface area contributed by atoms with Crippen molar-refractivity contribution in [2.45, 2.75) is 25.2 Å². The number of rotatable bonds is 3. The van der Waals surface area contributed by atoms with E-state index in [1.165, 1.54) is 18.5 Å². The molecule has 1 atom stereocenters. The van der Waals surface area contributed by atoms with Crippen LogP contribution in [0.15, 0.2) is 12.3 Å². The number of hydrogen-bond acceptors (Lipinski definition) is 2. The zero-order chi connectivity index (χ0) is 9.47. The standard InChI is InChI=1S/C10H17N3/c1-10(7-11,8-3-4-8)9-5-6-12-13(9)2/h5-6,8H,3-4,7,11H2,1-2H3. The zero-order valence-electron chi connectivity index (χ0n) is 8.33. The largest absolute Gasteiger partial charge is 0.330 e. The summed E-state index contributed by atoms with van der Waals surface area (Å²) in [6.45, 7) is 2.97. The molecule has 1 aromatic rings. The van der Waals surface area contributed by atoms with Gasteiger partial charge < -0.3 is 5.73 Å². The first-order valence-electron chi connectivity index (χ1n) is 4.87. The number of aromatic nitrogens is 2. The van der Waals surface area contributed by atoms with Crippen molar-refractivity contribution in [3.63, 3.8) is 0 Å². The van der Waals surface area contributed by atoms with Gasteiger partial charge in [-0.05, 0) is 24.8 Å². The van der Waals surface area contributed by atoms with Crippen molar-refractivity contribution in [2.24, 2.45) is 18.7 Å². The van der Waals surface area contributed by atoms with Crippen molar-refractivity contribution >= 4 is 0 Å². The summed E-state index contributed by atoms with van der Waals surface area (Å²) in [5.41, 5.74) is 7.29. The highest BCUT2D eigenvalue weighted by molar-refractivity contribution is 5.20. The van der Waals surface area contributed by atoms with Crippen molar-refractivity contribution in [3.05, 3.63) is 18.0 Å². The fraction of sp³-hybridized carbons (Fsp3) is 0.700. The third-order valence-electron chi connectivity index (χ3n) is 3.31. The van der Waals surface area contributed by atoms with Gasteiger partial charge in [-0.25, -0.2) is 0 Å². The van der Waals surface area contributed by atoms with Crippen LogP contribution in [-0.2, 0) is 12.5 Å². The van der Waals surface area contributed by atoms with Gasteiger partial charge in [0.25, 0.3) is 0 Å². The Kier molecular flexibility index (Phi) is 1.91. The Labute approximate surface area is 78.9 Å². The summed E-state index contributed by atoms with van der Waals surface area (Å²) in [7, 11) is 1.99. The lowest BCUT2D eigenvalue weighted by Gasteiger charge is -2.28. The average Bonchev–Trinajstić information content (AvgIpc) is 2.89. The molecule has 0 aliphatic heterocycles. The van der Waals surface area contributed by atoms with E-state index in [0.717, 1.165) is 12.5 Å². The van der Waals surface area contributed by atoms with Crippen LogP contribution in [0, 0.1) is 5.92 Å². The van der Waals surface area contributed by atoms with Gasteiger partial charge in [0.05, 0.1) is 0 Å². The molecule has 3 nitrogen and oxygen atoms in total. The summed E-state index contributed by atoms with van der Waals surface area (Å²) in [6.07, 6.45) is 4.49. The normalized spacial score (nSPS) is 21.5. The second-order valence-corrected chi connectivity index (χ2v) is 4.24. The SMILES string of the molecule is Cn1nccc1C(C)(CN)C1CC1. The molecule has 1 unspecified atom stereocenters. The minimum atomic E-state index is 0.144. The van der Waals surface area contributed by atoms with Gasteiger partial charge in [0.2, 0.25) is 0 Å². The first-order chi connectivity index (χ1) is 6.18. The minimum Gasteiger partial charge on any atom is -0.330 e. The number of nitrogens with zero attached hydrogens (tertiary/aromatic N) is 2. The van der Waals surface area contributed by atoms with Crippen LogP contribution in [0.2, 0.25) is 0 Å². The van der Waals surface area contributed by atoms with Gasteiger partial charge >= 0.3 is 0 Å². The highest BCUT2D eigenvalue weighted by atomic mass is 15.3. The molecule has 1 heterocycles. The molecule has 0 aromatic carbocycles. The van der Waals surface area contributed by atoms with Gasteiger partial charge in [-0.3, -0.25) is 4.68 Å². The van der Waals surface area contributed by atoms with Gasteiger partial charge in [0.15, 0.2) is 0 Å². The molecule has 2 rings (SSSR count). The van der Waals surface area contributed by atoms with Crippen LogP contribution in [0.5, 0.6) is 0 Å². The molecule has 0 amide bonds. The van der Waals surface area contributed by atoms with E-state index in [9.17, 15) is 0 Å². The first kappa shape index (κ1) is 8.75. The summed E-state index contributed by atoms with van der Waals surface area (Å²) >= 11 is 0. The second-order valence-electron chi connectivity index (χ2n) is 4.24. The molecule has 1 saturated carbocycles. The van der Waals surface area contributed by atoms with Gasteiger partial charge in [-0.15, -0.1) is 0 Å². The zero-order valence-corrected chi connectivity index (χ0v) is 8.33. The molecule has 0 radical (unpaired) electrons. The van der Waals surface area contributed by atoms with E-state index in [1.807, 2.05) is 17.9 Å². The molecule has 1 aromatic heterocycles. The van der Waals surface area contributed by atoms with Crippen molar-refractivity contribution in [3.8, 4) is 0 Å². The van der Waals surface area contributed by atoms with Crippen LogP contribution in [0.25, 0.3) is 0 Å². The Morgan fingerprint density at radius 3 is 2.77 bits per heavy atom. The molecule has 0 saturated heterocycles. The maximum Gasteiger partial charge on any atom is 0.0492 e. The summed E-state index contributed by atoms with van der Waals surface area (Å²) in [6, 6.07) is 2.09.